The average Bonchev–Trinajstić information content (AvgIpc) is 2.73. The van der Waals surface area contributed by atoms with E-state index in [9.17, 15) is 9.59 Å². The number of rotatable bonds is 5. The van der Waals surface area contributed by atoms with E-state index in [0.717, 1.165) is 37.0 Å². The molecule has 4 rings (SSSR count). The Morgan fingerprint density at radius 3 is 2.50 bits per heavy atom. The molecule has 2 aromatic heterocycles. The quantitative estimate of drug-likeness (QED) is 0.710. The summed E-state index contributed by atoms with van der Waals surface area (Å²) in [6.07, 6.45) is 4.27. The molecule has 156 valence electrons. The Bertz CT molecular complexity index is 1080. The Hall–Kier alpha value is -2.99. The highest BCUT2D eigenvalue weighted by molar-refractivity contribution is 5.93. The summed E-state index contributed by atoms with van der Waals surface area (Å²) in [6.45, 7) is 8.28. The second-order valence-corrected chi connectivity index (χ2v) is 8.55. The van der Waals surface area contributed by atoms with Crippen molar-refractivity contribution in [2.75, 3.05) is 13.1 Å². The molecule has 0 aliphatic carbocycles. The highest BCUT2D eigenvalue weighted by atomic mass is 16.2. The fourth-order valence-electron chi connectivity index (χ4n) is 4.40. The van der Waals surface area contributed by atoms with Crippen molar-refractivity contribution in [3.63, 3.8) is 0 Å². The fourth-order valence-corrected chi connectivity index (χ4v) is 4.40. The minimum atomic E-state index is -0.411. The molecule has 6 heteroatoms. The van der Waals surface area contributed by atoms with Crippen molar-refractivity contribution >= 4 is 11.6 Å². The number of likely N-dealkylation sites (tertiary alicyclic amines) is 1. The number of amides is 1. The largest absolute Gasteiger partial charge is 0.348 e. The van der Waals surface area contributed by atoms with Gasteiger partial charge in [0.1, 0.15) is 11.2 Å². The number of nitrogens with zero attached hydrogens (tertiary/aromatic N) is 3. The van der Waals surface area contributed by atoms with Crippen LogP contribution in [0.5, 0.6) is 0 Å². The van der Waals surface area contributed by atoms with Crippen LogP contribution in [-0.4, -0.2) is 33.3 Å². The number of aromatic nitrogens is 2. The first-order chi connectivity index (χ1) is 14.5. The molecular formula is C24H28N4O2. The molecule has 1 amide bonds. The zero-order valence-electron chi connectivity index (χ0n) is 17.5. The predicted octanol–water partition coefficient (Wildman–Crippen LogP) is 3.10. The molecule has 2 atom stereocenters. The number of hydrogen-bond donors (Lipinski definition) is 1. The van der Waals surface area contributed by atoms with E-state index < -0.39 is 5.91 Å². The Morgan fingerprint density at radius 2 is 1.77 bits per heavy atom. The predicted molar refractivity (Wildman–Crippen MR) is 117 cm³/mol. The second-order valence-electron chi connectivity index (χ2n) is 8.55. The number of carbonyl (C=O) groups is 1. The van der Waals surface area contributed by atoms with Crippen LogP contribution in [0.1, 0.15) is 41.8 Å². The summed E-state index contributed by atoms with van der Waals surface area (Å²) in [5, 5.41) is 2.83. The second kappa shape index (κ2) is 8.79. The van der Waals surface area contributed by atoms with Crippen LogP contribution in [0.15, 0.2) is 59.7 Å². The molecule has 2 unspecified atom stereocenters. The zero-order chi connectivity index (χ0) is 21.1. The smallest absolute Gasteiger partial charge is 0.270 e. The van der Waals surface area contributed by atoms with Gasteiger partial charge in [-0.25, -0.2) is 4.98 Å². The van der Waals surface area contributed by atoms with E-state index in [1.165, 1.54) is 22.6 Å². The molecule has 30 heavy (non-hydrogen) atoms. The van der Waals surface area contributed by atoms with Gasteiger partial charge in [-0.05, 0) is 41.5 Å². The molecule has 1 aliphatic heterocycles. The SMILES string of the molecule is CC1CC(C)CN(Cc2ccc(CNC(=O)c3cnc4ccccn4c3=O)cc2)C1. The van der Waals surface area contributed by atoms with E-state index in [1.54, 1.807) is 24.4 Å². The van der Waals surface area contributed by atoms with Crippen molar-refractivity contribution in [1.29, 1.82) is 0 Å². The van der Waals surface area contributed by atoms with Crippen LogP contribution in [0.25, 0.3) is 5.65 Å². The van der Waals surface area contributed by atoms with Crippen LogP contribution in [0.3, 0.4) is 0 Å². The minimum absolute atomic E-state index is 0.0451. The molecule has 0 spiro atoms. The zero-order valence-corrected chi connectivity index (χ0v) is 17.5. The average molecular weight is 405 g/mol. The van der Waals surface area contributed by atoms with Gasteiger partial charge in [0.2, 0.25) is 0 Å². The van der Waals surface area contributed by atoms with E-state index in [-0.39, 0.29) is 11.1 Å². The number of fused-ring (bicyclic) bond motifs is 1. The van der Waals surface area contributed by atoms with Crippen molar-refractivity contribution in [2.45, 2.75) is 33.4 Å². The minimum Gasteiger partial charge on any atom is -0.348 e. The third kappa shape index (κ3) is 4.60. The van der Waals surface area contributed by atoms with Crippen LogP contribution in [0, 0.1) is 11.8 Å². The molecule has 1 N–H and O–H groups in total. The topological polar surface area (TPSA) is 66.7 Å². The lowest BCUT2D eigenvalue weighted by atomic mass is 9.91. The monoisotopic (exact) mass is 404 g/mol. The molecule has 0 radical (unpaired) electrons. The Kier molecular flexibility index (Phi) is 5.95. The summed E-state index contributed by atoms with van der Waals surface area (Å²) in [6, 6.07) is 13.6. The molecule has 3 heterocycles. The molecule has 6 nitrogen and oxygen atoms in total. The van der Waals surface area contributed by atoms with Gasteiger partial charge in [-0.1, -0.05) is 44.2 Å². The van der Waals surface area contributed by atoms with E-state index >= 15 is 0 Å². The van der Waals surface area contributed by atoms with Gasteiger partial charge in [-0.2, -0.15) is 0 Å². The molecule has 0 bridgehead atoms. The maximum Gasteiger partial charge on any atom is 0.270 e. The Labute approximate surface area is 176 Å². The standard InChI is InChI=1S/C24H28N4O2/c1-17-11-18(2)15-27(14-17)16-20-8-6-19(7-9-20)12-26-23(29)21-13-25-22-5-3-4-10-28(22)24(21)30/h3-10,13,17-18H,11-12,14-16H2,1-2H3,(H,26,29). The fraction of sp³-hybridized carbons (Fsp3) is 0.375. The molecule has 0 saturated carbocycles. The number of hydrogen-bond acceptors (Lipinski definition) is 4. The number of carbonyl (C=O) groups excluding carboxylic acids is 1. The summed E-state index contributed by atoms with van der Waals surface area (Å²) in [4.78, 5) is 31.7. The summed E-state index contributed by atoms with van der Waals surface area (Å²) >= 11 is 0. The summed E-state index contributed by atoms with van der Waals surface area (Å²) in [5.41, 5.74) is 2.49. The molecule has 3 aromatic rings. The van der Waals surface area contributed by atoms with Crippen LogP contribution in [-0.2, 0) is 13.1 Å². The number of piperidine rings is 1. The van der Waals surface area contributed by atoms with Crippen molar-refractivity contribution in [3.8, 4) is 0 Å². The number of pyridine rings is 1. The highest BCUT2D eigenvalue weighted by Gasteiger charge is 2.21. The molecule has 1 aromatic carbocycles. The highest BCUT2D eigenvalue weighted by Crippen LogP contribution is 2.22. The van der Waals surface area contributed by atoms with E-state index in [1.807, 2.05) is 12.1 Å². The lowest BCUT2D eigenvalue weighted by Crippen LogP contribution is -2.38. The van der Waals surface area contributed by atoms with Crippen LogP contribution in [0.4, 0.5) is 0 Å². The molecule has 1 saturated heterocycles. The van der Waals surface area contributed by atoms with E-state index in [4.69, 9.17) is 0 Å². The van der Waals surface area contributed by atoms with Crippen molar-refractivity contribution in [1.82, 2.24) is 19.6 Å². The Morgan fingerprint density at radius 1 is 1.07 bits per heavy atom. The van der Waals surface area contributed by atoms with Crippen LogP contribution < -0.4 is 10.9 Å². The molecular weight excluding hydrogens is 376 g/mol. The summed E-state index contributed by atoms with van der Waals surface area (Å²) in [5.74, 6) is 1.08. The Balaban J connectivity index is 1.37. The van der Waals surface area contributed by atoms with Crippen molar-refractivity contribution < 1.29 is 4.79 Å². The van der Waals surface area contributed by atoms with Gasteiger partial charge >= 0.3 is 0 Å². The lowest BCUT2D eigenvalue weighted by Gasteiger charge is -2.35. The first-order valence-corrected chi connectivity index (χ1v) is 10.5. The van der Waals surface area contributed by atoms with Gasteiger partial charge in [0.15, 0.2) is 0 Å². The number of nitrogens with one attached hydrogen (secondary N) is 1. The van der Waals surface area contributed by atoms with E-state index in [2.05, 4.69) is 41.2 Å². The van der Waals surface area contributed by atoms with Crippen LogP contribution in [0.2, 0.25) is 0 Å². The maximum atomic E-state index is 12.5. The van der Waals surface area contributed by atoms with E-state index in [0.29, 0.717) is 12.2 Å². The van der Waals surface area contributed by atoms with Gasteiger partial charge in [0.25, 0.3) is 11.5 Å². The van der Waals surface area contributed by atoms with Gasteiger partial charge in [-0.3, -0.25) is 18.9 Å². The van der Waals surface area contributed by atoms with Gasteiger partial charge in [-0.15, -0.1) is 0 Å². The maximum absolute atomic E-state index is 12.5. The van der Waals surface area contributed by atoms with Crippen LogP contribution >= 0.6 is 0 Å². The first-order valence-electron chi connectivity index (χ1n) is 10.5. The van der Waals surface area contributed by atoms with Gasteiger partial charge < -0.3 is 5.32 Å². The first kappa shape index (κ1) is 20.3. The van der Waals surface area contributed by atoms with Crippen molar-refractivity contribution in [2.24, 2.45) is 11.8 Å². The third-order valence-corrected chi connectivity index (χ3v) is 5.68. The molecule has 1 aliphatic rings. The molecule has 1 fully saturated rings. The summed E-state index contributed by atoms with van der Waals surface area (Å²) < 4.78 is 1.38. The normalized spacial score (nSPS) is 19.7. The lowest BCUT2D eigenvalue weighted by molar-refractivity contribution is 0.0949. The van der Waals surface area contributed by atoms with Gasteiger partial charge in [0.05, 0.1) is 0 Å². The third-order valence-electron chi connectivity index (χ3n) is 5.68. The van der Waals surface area contributed by atoms with Gasteiger partial charge in [0, 0.05) is 38.6 Å². The number of benzene rings is 1. The summed E-state index contributed by atoms with van der Waals surface area (Å²) in [7, 11) is 0. The van der Waals surface area contributed by atoms with Crippen molar-refractivity contribution in [3.05, 3.63) is 81.9 Å².